The van der Waals surface area contributed by atoms with Gasteiger partial charge in [0.15, 0.2) is 0 Å². The van der Waals surface area contributed by atoms with E-state index in [4.69, 9.17) is 14.9 Å². The Hall–Kier alpha value is -2.16. The summed E-state index contributed by atoms with van der Waals surface area (Å²) in [5, 5.41) is 22.5. The summed E-state index contributed by atoms with van der Waals surface area (Å²) in [5.41, 5.74) is 0. The Morgan fingerprint density at radius 1 is 0.510 bits per heavy atom. The Balaban J connectivity index is 4.04. The standard InChI is InChI=1S/C42H80N2O7/c1-3-5-7-9-11-12-13-14-15-16-17-18-19-20-21-22-24-30-34-41(48)51-37(31-27-23-10-8-6-4-2)32-28-25-26-29-33-39(46)43-35-40(47)44-38(36-45)42(49)50/h37-38,45H,3-36H2,1-2H3,(H,43,46)(H,44,47)(H,49,50). The van der Waals surface area contributed by atoms with E-state index in [9.17, 15) is 19.2 Å². The summed E-state index contributed by atoms with van der Waals surface area (Å²) in [6.07, 6.45) is 37.2. The van der Waals surface area contributed by atoms with Gasteiger partial charge in [0.2, 0.25) is 11.8 Å². The molecule has 0 rings (SSSR count). The summed E-state index contributed by atoms with van der Waals surface area (Å²) >= 11 is 0. The molecule has 2 unspecified atom stereocenters. The number of aliphatic hydroxyl groups excluding tert-OH is 1. The molecule has 0 aromatic rings. The zero-order valence-corrected chi connectivity index (χ0v) is 33.1. The van der Waals surface area contributed by atoms with Crippen molar-refractivity contribution in [1.82, 2.24) is 10.6 Å². The number of unbranched alkanes of at least 4 members (excludes halogenated alkanes) is 25. The molecule has 0 fully saturated rings. The van der Waals surface area contributed by atoms with Crippen LogP contribution in [0.15, 0.2) is 0 Å². The Morgan fingerprint density at radius 3 is 1.27 bits per heavy atom. The van der Waals surface area contributed by atoms with Crippen LogP contribution in [-0.4, -0.2) is 59.3 Å². The molecule has 0 spiro atoms. The van der Waals surface area contributed by atoms with Crippen molar-refractivity contribution in [2.75, 3.05) is 13.2 Å². The first kappa shape index (κ1) is 48.8. The maximum atomic E-state index is 12.7. The van der Waals surface area contributed by atoms with Crippen LogP contribution < -0.4 is 10.6 Å². The van der Waals surface area contributed by atoms with Gasteiger partial charge in [0.1, 0.15) is 12.1 Å². The molecule has 0 aliphatic carbocycles. The lowest BCUT2D eigenvalue weighted by Gasteiger charge is -2.18. The molecule has 4 N–H and O–H groups in total. The van der Waals surface area contributed by atoms with E-state index in [-0.39, 0.29) is 30.9 Å². The molecule has 2 amide bonds. The normalized spacial score (nSPS) is 12.4. The molecule has 9 heteroatoms. The molecule has 0 aliphatic rings. The first-order chi connectivity index (χ1) is 24.8. The number of esters is 1. The number of carboxylic acids is 1. The Labute approximate surface area is 312 Å². The fraction of sp³-hybridized carbons (Fsp3) is 0.905. The van der Waals surface area contributed by atoms with Crippen molar-refractivity contribution < 1.29 is 34.1 Å². The molecular weight excluding hydrogens is 644 g/mol. The van der Waals surface area contributed by atoms with E-state index in [1.807, 2.05) is 0 Å². The quantitative estimate of drug-likeness (QED) is 0.0365. The Kier molecular flexibility index (Phi) is 36.0. The minimum atomic E-state index is -1.38. The van der Waals surface area contributed by atoms with Crippen molar-refractivity contribution in [3.63, 3.8) is 0 Å². The largest absolute Gasteiger partial charge is 0.480 e. The number of aliphatic hydroxyl groups is 1. The SMILES string of the molecule is CCCCCCCCCCCCCCCCCCCCC(=O)OC(CCCCCCCC)CCCCCCC(=O)NCC(=O)NC(CO)C(=O)O. The summed E-state index contributed by atoms with van der Waals surface area (Å²) in [4.78, 5) is 47.4. The summed E-state index contributed by atoms with van der Waals surface area (Å²) in [7, 11) is 0. The number of nitrogens with one attached hydrogen (secondary N) is 2. The van der Waals surface area contributed by atoms with Crippen molar-refractivity contribution in [2.24, 2.45) is 0 Å². The van der Waals surface area contributed by atoms with E-state index in [0.717, 1.165) is 51.4 Å². The average molecular weight is 725 g/mol. The van der Waals surface area contributed by atoms with E-state index in [1.165, 1.54) is 135 Å². The van der Waals surface area contributed by atoms with Gasteiger partial charge in [-0.1, -0.05) is 168 Å². The molecular formula is C42H80N2O7. The van der Waals surface area contributed by atoms with E-state index < -0.39 is 24.5 Å². The molecule has 51 heavy (non-hydrogen) atoms. The molecule has 0 aromatic carbocycles. The van der Waals surface area contributed by atoms with Gasteiger partial charge in [0.05, 0.1) is 13.2 Å². The van der Waals surface area contributed by atoms with Gasteiger partial charge >= 0.3 is 11.9 Å². The van der Waals surface area contributed by atoms with E-state index in [0.29, 0.717) is 12.8 Å². The highest BCUT2D eigenvalue weighted by molar-refractivity contribution is 5.87. The molecule has 0 saturated heterocycles. The van der Waals surface area contributed by atoms with Crippen LogP contribution in [0.4, 0.5) is 0 Å². The Bertz CT molecular complexity index is 838. The number of hydrogen-bond donors (Lipinski definition) is 4. The van der Waals surface area contributed by atoms with Crippen LogP contribution in [0, 0.1) is 0 Å². The maximum Gasteiger partial charge on any atom is 0.328 e. The Morgan fingerprint density at radius 2 is 0.882 bits per heavy atom. The zero-order valence-electron chi connectivity index (χ0n) is 33.1. The fourth-order valence-corrected chi connectivity index (χ4v) is 6.54. The fourth-order valence-electron chi connectivity index (χ4n) is 6.54. The second kappa shape index (κ2) is 37.6. The van der Waals surface area contributed by atoms with Crippen molar-refractivity contribution in [3.8, 4) is 0 Å². The molecule has 0 heterocycles. The molecule has 0 bridgehead atoms. The third-order valence-electron chi connectivity index (χ3n) is 9.85. The van der Waals surface area contributed by atoms with Crippen molar-refractivity contribution in [2.45, 2.75) is 231 Å². The first-order valence-corrected chi connectivity index (χ1v) is 21.4. The van der Waals surface area contributed by atoms with Crippen LogP contribution in [-0.2, 0) is 23.9 Å². The molecule has 0 radical (unpaired) electrons. The topological polar surface area (TPSA) is 142 Å². The third kappa shape index (κ3) is 34.7. The van der Waals surface area contributed by atoms with Gasteiger partial charge in [-0.15, -0.1) is 0 Å². The lowest BCUT2D eigenvalue weighted by molar-refractivity contribution is -0.150. The van der Waals surface area contributed by atoms with Crippen molar-refractivity contribution in [3.05, 3.63) is 0 Å². The zero-order chi connectivity index (χ0) is 37.6. The number of ether oxygens (including phenoxy) is 1. The van der Waals surface area contributed by atoms with E-state index >= 15 is 0 Å². The van der Waals surface area contributed by atoms with E-state index in [1.54, 1.807) is 0 Å². The number of amides is 2. The monoisotopic (exact) mass is 725 g/mol. The van der Waals surface area contributed by atoms with Crippen molar-refractivity contribution >= 4 is 23.8 Å². The van der Waals surface area contributed by atoms with Gasteiger partial charge < -0.3 is 25.6 Å². The van der Waals surface area contributed by atoms with Crippen LogP contribution in [0.3, 0.4) is 0 Å². The highest BCUT2D eigenvalue weighted by Gasteiger charge is 2.19. The van der Waals surface area contributed by atoms with Gasteiger partial charge in [-0.2, -0.15) is 0 Å². The molecule has 9 nitrogen and oxygen atoms in total. The predicted octanol–water partition coefficient (Wildman–Crippen LogP) is 10.1. The number of aliphatic carboxylic acids is 1. The summed E-state index contributed by atoms with van der Waals surface area (Å²) in [6.45, 7) is 3.46. The summed E-state index contributed by atoms with van der Waals surface area (Å²) < 4.78 is 5.97. The molecule has 0 aliphatic heterocycles. The van der Waals surface area contributed by atoms with Gasteiger partial charge in [-0.05, 0) is 38.5 Å². The van der Waals surface area contributed by atoms with Crippen LogP contribution in [0.25, 0.3) is 0 Å². The van der Waals surface area contributed by atoms with Crippen LogP contribution in [0.2, 0.25) is 0 Å². The second-order valence-corrected chi connectivity index (χ2v) is 14.8. The first-order valence-electron chi connectivity index (χ1n) is 21.4. The van der Waals surface area contributed by atoms with E-state index in [2.05, 4.69) is 24.5 Å². The number of carbonyl (C=O) groups excluding carboxylic acids is 3. The summed E-state index contributed by atoms with van der Waals surface area (Å²) in [5.74, 6) is -2.31. The number of rotatable bonds is 39. The smallest absolute Gasteiger partial charge is 0.328 e. The summed E-state index contributed by atoms with van der Waals surface area (Å²) in [6, 6.07) is -1.38. The minimum Gasteiger partial charge on any atom is -0.480 e. The van der Waals surface area contributed by atoms with Gasteiger partial charge in [-0.3, -0.25) is 14.4 Å². The molecule has 0 aromatic heterocycles. The van der Waals surface area contributed by atoms with Gasteiger partial charge in [-0.25, -0.2) is 4.79 Å². The second-order valence-electron chi connectivity index (χ2n) is 14.8. The third-order valence-corrected chi connectivity index (χ3v) is 9.85. The highest BCUT2D eigenvalue weighted by atomic mass is 16.5. The van der Waals surface area contributed by atoms with Gasteiger partial charge in [0.25, 0.3) is 0 Å². The maximum absolute atomic E-state index is 12.7. The average Bonchev–Trinajstić information content (AvgIpc) is 3.11. The predicted molar refractivity (Wildman–Crippen MR) is 209 cm³/mol. The van der Waals surface area contributed by atoms with Gasteiger partial charge in [0, 0.05) is 12.8 Å². The van der Waals surface area contributed by atoms with Crippen LogP contribution in [0.1, 0.15) is 219 Å². The number of carbonyl (C=O) groups is 4. The molecule has 300 valence electrons. The molecule has 2 atom stereocenters. The minimum absolute atomic E-state index is 0.0328. The van der Waals surface area contributed by atoms with Crippen LogP contribution >= 0.6 is 0 Å². The lowest BCUT2D eigenvalue weighted by Crippen LogP contribution is -2.47. The van der Waals surface area contributed by atoms with Crippen LogP contribution in [0.5, 0.6) is 0 Å². The number of hydrogen-bond acceptors (Lipinski definition) is 6. The highest BCUT2D eigenvalue weighted by Crippen LogP contribution is 2.19. The lowest BCUT2D eigenvalue weighted by atomic mass is 10.0. The molecule has 0 saturated carbocycles. The van der Waals surface area contributed by atoms with Crippen molar-refractivity contribution in [1.29, 1.82) is 0 Å². The number of carboxylic acid groups (broad SMARTS) is 1.